The number of rotatable bonds is 7. The topological polar surface area (TPSA) is 105 Å². The number of aromatic nitrogens is 1. The number of amides is 1. The van der Waals surface area contributed by atoms with Gasteiger partial charge in [-0.15, -0.1) is 0 Å². The van der Waals surface area contributed by atoms with Crippen LogP contribution in [0.25, 0.3) is 0 Å². The number of hydrogen-bond donors (Lipinski definition) is 2. The molecule has 0 unspecified atom stereocenters. The minimum Gasteiger partial charge on any atom is -0.480 e. The van der Waals surface area contributed by atoms with Gasteiger partial charge < -0.3 is 19.6 Å². The van der Waals surface area contributed by atoms with Crippen molar-refractivity contribution < 1.29 is 37.0 Å². The van der Waals surface area contributed by atoms with Crippen molar-refractivity contribution in [2.24, 2.45) is 5.41 Å². The van der Waals surface area contributed by atoms with Crippen LogP contribution < -0.4 is 10.1 Å². The summed E-state index contributed by atoms with van der Waals surface area (Å²) in [5.74, 6) is 0.264. The number of Topliss-reactive ketones (excluding diaryl/α,β-unsaturated/α-hetero) is 1. The Morgan fingerprint density at radius 2 is 1.97 bits per heavy atom. The van der Waals surface area contributed by atoms with Crippen LogP contribution in [-0.2, 0) is 4.79 Å². The van der Waals surface area contributed by atoms with Gasteiger partial charge in [-0.3, -0.25) is 14.5 Å². The first-order valence-electron chi connectivity index (χ1n) is 12.5. The molecule has 0 spiro atoms. The summed E-state index contributed by atoms with van der Waals surface area (Å²) in [6.07, 6.45) is -1.93. The number of likely N-dealkylation sites (tertiary alicyclic amines) is 1. The number of nitrogens with one attached hydrogen (secondary N) is 1. The third-order valence-corrected chi connectivity index (χ3v) is 8.10. The van der Waals surface area contributed by atoms with Crippen molar-refractivity contribution in [3.63, 3.8) is 0 Å². The summed E-state index contributed by atoms with van der Waals surface area (Å²) in [4.78, 5) is 31.1. The summed E-state index contributed by atoms with van der Waals surface area (Å²) >= 11 is 0. The molecule has 5 aliphatic rings. The second-order valence-corrected chi connectivity index (χ2v) is 11.4. The van der Waals surface area contributed by atoms with Gasteiger partial charge in [-0.25, -0.2) is 4.98 Å². The zero-order chi connectivity index (χ0) is 26.2. The van der Waals surface area contributed by atoms with E-state index in [1.807, 2.05) is 19.1 Å². The van der Waals surface area contributed by atoms with Crippen molar-refractivity contribution in [3.8, 4) is 5.75 Å². The second-order valence-electron chi connectivity index (χ2n) is 11.4. The number of benzene rings is 1. The van der Waals surface area contributed by atoms with E-state index in [1.54, 1.807) is 6.07 Å². The number of halogens is 3. The summed E-state index contributed by atoms with van der Waals surface area (Å²) in [5, 5.41) is 13.6. The average molecular weight is 520 g/mol. The molecule has 4 fully saturated rings. The molecule has 3 heterocycles. The lowest BCUT2D eigenvalue weighted by atomic mass is 9.38. The number of oxazole rings is 1. The van der Waals surface area contributed by atoms with Crippen LogP contribution in [0.2, 0.25) is 0 Å². The van der Waals surface area contributed by atoms with Gasteiger partial charge in [0, 0.05) is 37.0 Å². The lowest BCUT2D eigenvalue weighted by molar-refractivity contribution is -0.168. The standard InChI is InChI=1S/C26H28F3N3O5/c1-14-2-3-19-16(4-14)17(33)5-20(36-19)22(35)31-25-10-24(11-25,12-25)6-18(34)21-7-30-23(37-21)15-8-32(9-15)13-26(27,28)29/h2-4,7,15,17,20,33H,5-6,8-13H2,1H3,(H,31,35)/t17-,20-,24?,25?/m1/s1. The van der Waals surface area contributed by atoms with E-state index in [0.29, 0.717) is 36.5 Å². The highest BCUT2D eigenvalue weighted by Gasteiger charge is 2.69. The third kappa shape index (κ3) is 4.52. The second kappa shape index (κ2) is 8.29. The van der Waals surface area contributed by atoms with Crippen molar-refractivity contribution in [2.75, 3.05) is 19.6 Å². The molecule has 3 aliphatic carbocycles. The van der Waals surface area contributed by atoms with Gasteiger partial charge in [0.2, 0.25) is 5.89 Å². The fourth-order valence-electron chi connectivity index (χ4n) is 6.53. The van der Waals surface area contributed by atoms with Gasteiger partial charge >= 0.3 is 6.18 Å². The molecule has 8 nitrogen and oxygen atoms in total. The maximum atomic E-state index is 12.9. The monoisotopic (exact) mass is 519 g/mol. The van der Waals surface area contributed by atoms with Crippen LogP contribution in [0.1, 0.15) is 71.7 Å². The van der Waals surface area contributed by atoms with Crippen molar-refractivity contribution in [2.45, 2.75) is 68.9 Å². The van der Waals surface area contributed by atoms with Crippen LogP contribution in [0.4, 0.5) is 13.2 Å². The van der Waals surface area contributed by atoms with E-state index in [4.69, 9.17) is 9.15 Å². The van der Waals surface area contributed by atoms with Gasteiger partial charge in [0.25, 0.3) is 5.91 Å². The summed E-state index contributed by atoms with van der Waals surface area (Å²) in [6, 6.07) is 5.51. The molecule has 11 heteroatoms. The molecule has 1 saturated heterocycles. The number of alkyl halides is 3. The predicted molar refractivity (Wildman–Crippen MR) is 123 cm³/mol. The van der Waals surface area contributed by atoms with Crippen molar-refractivity contribution in [3.05, 3.63) is 47.2 Å². The third-order valence-electron chi connectivity index (χ3n) is 8.10. The average Bonchev–Trinajstić information content (AvgIpc) is 3.23. The highest BCUT2D eigenvalue weighted by atomic mass is 19.4. The first kappa shape index (κ1) is 24.4. The van der Waals surface area contributed by atoms with Crippen molar-refractivity contribution >= 4 is 11.7 Å². The number of ketones is 1. The number of fused-ring (bicyclic) bond motifs is 1. The Hall–Kier alpha value is -2.92. The fraction of sp³-hybridized carbons (Fsp3) is 0.577. The van der Waals surface area contributed by atoms with Gasteiger partial charge in [0.15, 0.2) is 17.6 Å². The molecule has 2 bridgehead atoms. The molecule has 2 aliphatic heterocycles. The van der Waals surface area contributed by atoms with Crippen LogP contribution in [0, 0.1) is 12.3 Å². The Labute approximate surface area is 211 Å². The SMILES string of the molecule is Cc1ccc2c(c1)[C@H](O)C[C@H](C(=O)NC13CC(CC(=O)c4cnc(C5CN(CC(F)(F)F)C5)o4)(C1)C3)O2. The minimum absolute atomic E-state index is 0.130. The normalized spacial score (nSPS) is 30.8. The highest BCUT2D eigenvalue weighted by molar-refractivity contribution is 5.94. The Kier molecular flexibility index (Phi) is 5.47. The molecule has 7 rings (SSSR count). The minimum atomic E-state index is -4.24. The zero-order valence-electron chi connectivity index (χ0n) is 20.3. The number of aliphatic hydroxyl groups excluding tert-OH is 1. The van der Waals surface area contributed by atoms with Gasteiger partial charge in [-0.1, -0.05) is 11.6 Å². The van der Waals surface area contributed by atoms with Crippen molar-refractivity contribution in [1.82, 2.24) is 15.2 Å². The molecule has 37 heavy (non-hydrogen) atoms. The summed E-state index contributed by atoms with van der Waals surface area (Å²) in [7, 11) is 0. The number of nitrogens with zero attached hydrogens (tertiary/aromatic N) is 2. The molecule has 2 N–H and O–H groups in total. The van der Waals surface area contributed by atoms with Gasteiger partial charge in [-0.05, 0) is 43.7 Å². The number of aliphatic hydroxyl groups is 1. The quantitative estimate of drug-likeness (QED) is 0.540. The van der Waals surface area contributed by atoms with Crippen LogP contribution in [-0.4, -0.2) is 64.1 Å². The zero-order valence-corrected chi connectivity index (χ0v) is 20.3. The summed E-state index contributed by atoms with van der Waals surface area (Å²) in [5.41, 5.74) is 1.17. The number of carbonyl (C=O) groups is 2. The smallest absolute Gasteiger partial charge is 0.401 e. The van der Waals surface area contributed by atoms with E-state index in [9.17, 15) is 27.9 Å². The Bertz CT molecular complexity index is 1230. The Morgan fingerprint density at radius 1 is 1.24 bits per heavy atom. The first-order valence-corrected chi connectivity index (χ1v) is 12.5. The van der Waals surface area contributed by atoms with E-state index in [1.165, 1.54) is 11.1 Å². The lowest BCUT2D eigenvalue weighted by Gasteiger charge is -2.70. The molecule has 1 amide bonds. The van der Waals surface area contributed by atoms with Gasteiger partial charge in [-0.2, -0.15) is 13.2 Å². The number of carbonyl (C=O) groups excluding carboxylic acids is 2. The molecule has 1 aromatic heterocycles. The molecule has 1 aromatic carbocycles. The predicted octanol–water partition coefficient (Wildman–Crippen LogP) is 3.44. The van der Waals surface area contributed by atoms with Crippen LogP contribution >= 0.6 is 0 Å². The largest absolute Gasteiger partial charge is 0.480 e. The van der Waals surface area contributed by atoms with Gasteiger partial charge in [0.05, 0.1) is 24.8 Å². The molecule has 0 radical (unpaired) electrons. The van der Waals surface area contributed by atoms with E-state index < -0.39 is 24.9 Å². The van der Waals surface area contributed by atoms with E-state index >= 15 is 0 Å². The highest BCUT2D eigenvalue weighted by Crippen LogP contribution is 2.69. The molecule has 3 saturated carbocycles. The van der Waals surface area contributed by atoms with Gasteiger partial charge in [0.1, 0.15) is 5.75 Å². The Morgan fingerprint density at radius 3 is 2.68 bits per heavy atom. The number of hydrogen-bond acceptors (Lipinski definition) is 7. The lowest BCUT2D eigenvalue weighted by Crippen LogP contribution is -2.75. The summed E-state index contributed by atoms with van der Waals surface area (Å²) < 4.78 is 48.9. The molecule has 2 atom stereocenters. The maximum Gasteiger partial charge on any atom is 0.401 e. The van der Waals surface area contributed by atoms with Crippen LogP contribution in [0.5, 0.6) is 5.75 Å². The van der Waals surface area contributed by atoms with Crippen LogP contribution in [0.3, 0.4) is 0 Å². The maximum absolute atomic E-state index is 12.9. The van der Waals surface area contributed by atoms with E-state index in [0.717, 1.165) is 5.56 Å². The molecule has 2 aromatic rings. The fourth-order valence-corrected chi connectivity index (χ4v) is 6.53. The van der Waals surface area contributed by atoms with E-state index in [-0.39, 0.29) is 60.3 Å². The number of aryl methyl sites for hydroxylation is 1. The summed E-state index contributed by atoms with van der Waals surface area (Å²) in [6.45, 7) is 1.37. The molecular weight excluding hydrogens is 491 g/mol. The van der Waals surface area contributed by atoms with Crippen molar-refractivity contribution in [1.29, 1.82) is 0 Å². The molecular formula is C26H28F3N3O5. The first-order chi connectivity index (χ1) is 17.4. The number of ether oxygens (including phenoxy) is 1. The Balaban J connectivity index is 0.983. The van der Waals surface area contributed by atoms with E-state index in [2.05, 4.69) is 10.3 Å². The van der Waals surface area contributed by atoms with Crippen LogP contribution in [0.15, 0.2) is 28.8 Å². The molecule has 198 valence electrons.